The maximum atomic E-state index is 14.1. The Kier molecular flexibility index (Phi) is 7.70. The molecule has 0 fully saturated rings. The van der Waals surface area contributed by atoms with Crippen LogP contribution in [0.3, 0.4) is 0 Å². The summed E-state index contributed by atoms with van der Waals surface area (Å²) in [6.07, 6.45) is -7.31. The van der Waals surface area contributed by atoms with Gasteiger partial charge in [0.1, 0.15) is 0 Å². The topological polar surface area (TPSA) is 35.5 Å². The number of benzene rings is 2. The van der Waals surface area contributed by atoms with E-state index in [2.05, 4.69) is 9.05 Å². The maximum absolute atomic E-state index is 14.1. The summed E-state index contributed by atoms with van der Waals surface area (Å²) in [5.41, 5.74) is 2.98. The average Bonchev–Trinajstić information content (AvgIpc) is 2.60. The first-order valence-electron chi connectivity index (χ1n) is 9.02. The van der Waals surface area contributed by atoms with Crippen LogP contribution < -0.4 is 0 Å². The van der Waals surface area contributed by atoms with E-state index in [4.69, 9.17) is 0 Å². The van der Waals surface area contributed by atoms with E-state index in [-0.39, 0.29) is 11.1 Å². The average molecular weight is 441 g/mol. The Hall–Kier alpha value is -2.34. The molecule has 0 aromatic heterocycles. The fourth-order valence-electron chi connectivity index (χ4n) is 2.77. The van der Waals surface area contributed by atoms with Crippen LogP contribution in [0.25, 0.3) is 11.1 Å². The molecule has 0 radical (unpaired) electrons. The fourth-order valence-corrected chi connectivity index (χ4v) is 3.31. The summed E-state index contributed by atoms with van der Waals surface area (Å²) in [7, 11) is -3.81. The van der Waals surface area contributed by atoms with Crippen LogP contribution in [0.5, 0.6) is 0 Å². The van der Waals surface area contributed by atoms with Gasteiger partial charge in [-0.2, -0.15) is 17.6 Å². The van der Waals surface area contributed by atoms with Crippen molar-refractivity contribution in [2.75, 3.05) is 0 Å². The summed E-state index contributed by atoms with van der Waals surface area (Å²) in [6, 6.07) is 13.5. The summed E-state index contributed by atoms with van der Waals surface area (Å²) >= 11 is 0. The summed E-state index contributed by atoms with van der Waals surface area (Å²) < 4.78 is 75.8. The minimum atomic E-state index is -4.06. The molecule has 1 unspecified atom stereocenters. The molecule has 0 saturated heterocycles. The second kappa shape index (κ2) is 9.65. The van der Waals surface area contributed by atoms with Crippen molar-refractivity contribution in [1.29, 1.82) is 0 Å². The summed E-state index contributed by atoms with van der Waals surface area (Å²) in [5, 5.41) is 0. The third kappa shape index (κ3) is 7.17. The van der Waals surface area contributed by atoms with E-state index in [9.17, 15) is 22.1 Å². The molecule has 8 heteroatoms. The molecule has 2 aromatic rings. The van der Waals surface area contributed by atoms with E-state index in [1.165, 1.54) is 13.8 Å². The molecule has 1 atom stereocenters. The van der Waals surface area contributed by atoms with Crippen LogP contribution in [0.2, 0.25) is 0 Å². The standard InChI is InChI=1S/C22H22F4O3P/c1-15-9-11-19(12-10-15)17(3)13-21(23,24)28-30(27)29-22(25,26)14-18(4)20-8-6-5-7-16(20)2/h5-14H,1-4H3/q+1. The quantitative estimate of drug-likeness (QED) is 0.311. The molecule has 0 aliphatic heterocycles. The maximum Gasteiger partial charge on any atom is 0.710 e. The van der Waals surface area contributed by atoms with Crippen LogP contribution in [-0.2, 0) is 13.6 Å². The van der Waals surface area contributed by atoms with Crippen molar-refractivity contribution in [3.63, 3.8) is 0 Å². The Morgan fingerprint density at radius 3 is 1.87 bits per heavy atom. The van der Waals surface area contributed by atoms with E-state index in [1.807, 2.05) is 6.92 Å². The molecule has 0 spiro atoms. The van der Waals surface area contributed by atoms with E-state index >= 15 is 0 Å². The Morgan fingerprint density at radius 1 is 0.833 bits per heavy atom. The summed E-state index contributed by atoms with van der Waals surface area (Å²) in [6.45, 7) is 6.39. The zero-order chi connectivity index (χ0) is 22.5. The lowest BCUT2D eigenvalue weighted by molar-refractivity contribution is -0.167. The summed E-state index contributed by atoms with van der Waals surface area (Å²) in [4.78, 5) is 0. The van der Waals surface area contributed by atoms with Crippen LogP contribution in [0.1, 0.15) is 36.1 Å². The molecule has 30 heavy (non-hydrogen) atoms. The fraction of sp³-hybridized carbons (Fsp3) is 0.273. The molecule has 0 heterocycles. The van der Waals surface area contributed by atoms with Crippen molar-refractivity contribution in [2.24, 2.45) is 0 Å². The molecular formula is C22H22F4O3P+. The van der Waals surface area contributed by atoms with Crippen LogP contribution in [0.15, 0.2) is 60.7 Å². The number of aryl methyl sites for hydroxylation is 2. The molecule has 2 aromatic carbocycles. The number of halogens is 4. The molecule has 0 amide bonds. The lowest BCUT2D eigenvalue weighted by Gasteiger charge is -2.10. The molecule has 160 valence electrons. The van der Waals surface area contributed by atoms with Crippen molar-refractivity contribution in [2.45, 2.75) is 39.9 Å². The minimum Gasteiger partial charge on any atom is -0.167 e. The van der Waals surface area contributed by atoms with Crippen LogP contribution >= 0.6 is 8.25 Å². The van der Waals surface area contributed by atoms with Gasteiger partial charge in [0.15, 0.2) is 0 Å². The van der Waals surface area contributed by atoms with Gasteiger partial charge in [-0.15, -0.1) is 0 Å². The monoisotopic (exact) mass is 441 g/mol. The smallest absolute Gasteiger partial charge is 0.167 e. The lowest BCUT2D eigenvalue weighted by Crippen LogP contribution is -2.19. The zero-order valence-corrected chi connectivity index (χ0v) is 17.9. The van der Waals surface area contributed by atoms with Gasteiger partial charge in [0.25, 0.3) is 0 Å². The van der Waals surface area contributed by atoms with E-state index in [0.29, 0.717) is 23.3 Å². The zero-order valence-electron chi connectivity index (χ0n) is 17.0. The third-order valence-corrected chi connectivity index (χ3v) is 5.02. The van der Waals surface area contributed by atoms with E-state index in [1.54, 1.807) is 55.5 Å². The third-order valence-electron chi connectivity index (χ3n) is 4.24. The Morgan fingerprint density at radius 2 is 1.33 bits per heavy atom. The highest BCUT2D eigenvalue weighted by Gasteiger charge is 2.48. The summed E-state index contributed by atoms with van der Waals surface area (Å²) in [5.74, 6) is 0. The van der Waals surface area contributed by atoms with Gasteiger partial charge in [-0.1, -0.05) is 54.1 Å². The largest absolute Gasteiger partial charge is 0.710 e. The number of alkyl halides is 4. The molecular weight excluding hydrogens is 419 g/mol. The molecule has 0 aliphatic rings. The van der Waals surface area contributed by atoms with E-state index < -0.39 is 20.5 Å². The van der Waals surface area contributed by atoms with Gasteiger partial charge >= 0.3 is 20.5 Å². The van der Waals surface area contributed by atoms with Crippen LogP contribution in [0.4, 0.5) is 17.6 Å². The first-order chi connectivity index (χ1) is 13.9. The second-order valence-corrected chi connectivity index (χ2v) is 7.68. The second-order valence-electron chi connectivity index (χ2n) is 6.87. The van der Waals surface area contributed by atoms with Gasteiger partial charge in [0.2, 0.25) is 0 Å². The molecule has 3 nitrogen and oxygen atoms in total. The Labute approximate surface area is 174 Å². The van der Waals surface area contributed by atoms with E-state index in [0.717, 1.165) is 11.1 Å². The van der Waals surface area contributed by atoms with Crippen molar-refractivity contribution in [3.8, 4) is 0 Å². The predicted octanol–water partition coefficient (Wildman–Crippen LogP) is 7.69. The molecule has 2 rings (SSSR count). The van der Waals surface area contributed by atoms with Crippen molar-refractivity contribution < 1.29 is 31.2 Å². The number of hydrogen-bond donors (Lipinski definition) is 0. The normalized spacial score (nSPS) is 14.1. The van der Waals surface area contributed by atoms with Gasteiger partial charge in [-0.3, -0.25) is 0 Å². The highest BCUT2D eigenvalue weighted by Crippen LogP contribution is 2.41. The molecule has 0 N–H and O–H groups in total. The first kappa shape index (κ1) is 23.9. The van der Waals surface area contributed by atoms with Gasteiger partial charge < -0.3 is 0 Å². The SMILES string of the molecule is CC(=CC(F)(F)O[P+](=O)OC(F)(F)C=C(C)c1ccccc1C)c1ccc(C)cc1. The van der Waals surface area contributed by atoms with Gasteiger partial charge in [-0.05, 0) is 64.6 Å². The highest BCUT2D eigenvalue weighted by molar-refractivity contribution is 7.33. The van der Waals surface area contributed by atoms with Crippen LogP contribution in [0, 0.1) is 13.8 Å². The van der Waals surface area contributed by atoms with Crippen molar-refractivity contribution in [1.82, 2.24) is 0 Å². The predicted molar refractivity (Wildman–Crippen MR) is 109 cm³/mol. The lowest BCUT2D eigenvalue weighted by atomic mass is 10.0. The number of rotatable bonds is 8. The van der Waals surface area contributed by atoms with Crippen LogP contribution in [-0.4, -0.2) is 12.2 Å². The molecule has 0 saturated carbocycles. The molecule has 0 aliphatic carbocycles. The van der Waals surface area contributed by atoms with Gasteiger partial charge in [-0.25, -0.2) is 0 Å². The van der Waals surface area contributed by atoms with Crippen molar-refractivity contribution in [3.05, 3.63) is 82.9 Å². The van der Waals surface area contributed by atoms with Gasteiger partial charge in [0, 0.05) is 16.7 Å². The Bertz CT molecular complexity index is 967. The minimum absolute atomic E-state index is 0.130. The first-order valence-corrected chi connectivity index (χ1v) is 10.1. The highest BCUT2D eigenvalue weighted by atomic mass is 31.1. The van der Waals surface area contributed by atoms with Crippen molar-refractivity contribution >= 4 is 19.4 Å². The number of hydrogen-bond acceptors (Lipinski definition) is 3. The Balaban J connectivity index is 2.08. The number of allylic oxidation sites excluding steroid dienone is 2. The molecule has 0 bridgehead atoms. The van der Waals surface area contributed by atoms with Gasteiger partial charge in [0.05, 0.1) is 0 Å².